The summed E-state index contributed by atoms with van der Waals surface area (Å²) < 4.78 is 0. The number of urea groups is 1. The predicted molar refractivity (Wildman–Crippen MR) is 93.6 cm³/mol. The van der Waals surface area contributed by atoms with Gasteiger partial charge in [0.1, 0.15) is 0 Å². The van der Waals surface area contributed by atoms with Crippen LogP contribution in [0.1, 0.15) is 36.0 Å². The molecule has 0 saturated carbocycles. The lowest BCUT2D eigenvalue weighted by Gasteiger charge is -2.19. The molecule has 1 unspecified atom stereocenters. The Hall–Kier alpha value is -2.36. The first kappa shape index (κ1) is 17.0. The number of nitrogens with one attached hydrogen (secondary N) is 2. The van der Waals surface area contributed by atoms with E-state index in [1.165, 1.54) is 16.7 Å². The largest absolute Gasteiger partial charge is 0.338 e. The van der Waals surface area contributed by atoms with E-state index in [-0.39, 0.29) is 11.9 Å². The van der Waals surface area contributed by atoms with Gasteiger partial charge in [-0.15, -0.1) is 0 Å². The molecule has 0 saturated heterocycles. The van der Waals surface area contributed by atoms with E-state index in [1.807, 2.05) is 19.2 Å². The summed E-state index contributed by atoms with van der Waals surface area (Å²) in [6, 6.07) is 12.4. The quantitative estimate of drug-likeness (QED) is 0.823. The molecule has 0 spiro atoms. The van der Waals surface area contributed by atoms with Crippen molar-refractivity contribution >= 4 is 6.03 Å². The highest BCUT2D eigenvalue weighted by atomic mass is 16.2. The number of pyridine rings is 1. The zero-order valence-electron chi connectivity index (χ0n) is 13.9. The monoisotopic (exact) mass is 311 g/mol. The van der Waals surface area contributed by atoms with E-state index < -0.39 is 0 Å². The van der Waals surface area contributed by atoms with Crippen molar-refractivity contribution in [1.82, 2.24) is 15.6 Å². The minimum absolute atomic E-state index is 0.102. The maximum absolute atomic E-state index is 11.8. The van der Waals surface area contributed by atoms with Crippen LogP contribution in [0.2, 0.25) is 0 Å². The fourth-order valence-electron chi connectivity index (χ4n) is 2.47. The molecule has 2 amide bonds. The van der Waals surface area contributed by atoms with E-state index >= 15 is 0 Å². The minimum Gasteiger partial charge on any atom is -0.338 e. The van der Waals surface area contributed by atoms with Gasteiger partial charge >= 0.3 is 6.03 Å². The van der Waals surface area contributed by atoms with Crippen LogP contribution in [0.3, 0.4) is 0 Å². The number of aryl methyl sites for hydroxylation is 1. The van der Waals surface area contributed by atoms with Crippen LogP contribution in [0, 0.1) is 6.92 Å². The molecule has 2 rings (SSSR count). The summed E-state index contributed by atoms with van der Waals surface area (Å²) >= 11 is 0. The lowest BCUT2D eigenvalue weighted by atomic mass is 9.92. The van der Waals surface area contributed by atoms with Crippen molar-refractivity contribution in [2.24, 2.45) is 0 Å². The molecule has 0 fully saturated rings. The first-order valence-corrected chi connectivity index (χ1v) is 8.16. The molecular formula is C19H25N3O. The number of carbonyl (C=O) groups excluding carboxylic acids is 1. The van der Waals surface area contributed by atoms with Gasteiger partial charge in [-0.25, -0.2) is 4.79 Å². The first-order valence-electron chi connectivity index (χ1n) is 8.16. The summed E-state index contributed by atoms with van der Waals surface area (Å²) in [5.74, 6) is 0.229. The summed E-state index contributed by atoms with van der Waals surface area (Å²) in [6.07, 6.45) is 5.45. The van der Waals surface area contributed by atoms with Crippen LogP contribution in [-0.2, 0) is 6.42 Å². The van der Waals surface area contributed by atoms with Crippen LogP contribution in [-0.4, -0.2) is 24.1 Å². The van der Waals surface area contributed by atoms with Crippen LogP contribution in [0.15, 0.2) is 48.8 Å². The molecule has 0 bridgehead atoms. The van der Waals surface area contributed by atoms with Gasteiger partial charge in [-0.1, -0.05) is 42.8 Å². The van der Waals surface area contributed by atoms with E-state index in [0.29, 0.717) is 13.1 Å². The molecule has 0 aliphatic carbocycles. The second-order valence-corrected chi connectivity index (χ2v) is 5.81. The van der Waals surface area contributed by atoms with Crippen LogP contribution in [0.4, 0.5) is 4.79 Å². The number of amides is 2. The molecule has 2 N–H and O–H groups in total. The highest BCUT2D eigenvalue weighted by Gasteiger charge is 2.14. The Labute approximate surface area is 138 Å². The summed E-state index contributed by atoms with van der Waals surface area (Å²) in [4.78, 5) is 16.0. The molecule has 1 heterocycles. The standard InChI is InChI=1S/C19H25N3O/c1-3-10-21-19(23)22-14-18(12-16-5-4-11-20-13-16)17-8-6-15(2)7-9-17/h4-9,11,13,18H,3,10,12,14H2,1-2H3,(H2,21,22,23). The fourth-order valence-corrected chi connectivity index (χ4v) is 2.47. The summed E-state index contributed by atoms with van der Waals surface area (Å²) in [7, 11) is 0. The van der Waals surface area contributed by atoms with E-state index in [4.69, 9.17) is 0 Å². The van der Waals surface area contributed by atoms with Gasteiger partial charge in [-0.05, 0) is 37.0 Å². The Morgan fingerprint density at radius 2 is 1.96 bits per heavy atom. The zero-order valence-corrected chi connectivity index (χ0v) is 13.9. The first-order chi connectivity index (χ1) is 11.2. The van der Waals surface area contributed by atoms with Crippen molar-refractivity contribution in [2.45, 2.75) is 32.6 Å². The van der Waals surface area contributed by atoms with Gasteiger partial charge in [0.25, 0.3) is 0 Å². The van der Waals surface area contributed by atoms with Crippen molar-refractivity contribution in [3.63, 3.8) is 0 Å². The fraction of sp³-hybridized carbons (Fsp3) is 0.368. The number of carbonyl (C=O) groups is 1. The molecule has 0 radical (unpaired) electrons. The Balaban J connectivity index is 2.05. The SMILES string of the molecule is CCCNC(=O)NCC(Cc1cccnc1)c1ccc(C)cc1. The Morgan fingerprint density at radius 3 is 2.61 bits per heavy atom. The van der Waals surface area contributed by atoms with Crippen molar-refractivity contribution in [3.8, 4) is 0 Å². The van der Waals surface area contributed by atoms with Gasteiger partial charge in [-0.2, -0.15) is 0 Å². The van der Waals surface area contributed by atoms with Crippen LogP contribution in [0.5, 0.6) is 0 Å². The van der Waals surface area contributed by atoms with Crippen LogP contribution in [0.25, 0.3) is 0 Å². The smallest absolute Gasteiger partial charge is 0.314 e. The van der Waals surface area contributed by atoms with Crippen LogP contribution < -0.4 is 10.6 Å². The number of rotatable bonds is 7. The molecular weight excluding hydrogens is 286 g/mol. The molecule has 23 heavy (non-hydrogen) atoms. The molecule has 122 valence electrons. The second kappa shape index (κ2) is 8.93. The van der Waals surface area contributed by atoms with Crippen LogP contribution >= 0.6 is 0 Å². The number of benzene rings is 1. The normalized spacial score (nSPS) is 11.7. The van der Waals surface area contributed by atoms with E-state index in [2.05, 4.69) is 52.9 Å². The van der Waals surface area contributed by atoms with Crippen molar-refractivity contribution < 1.29 is 4.79 Å². The van der Waals surface area contributed by atoms with Gasteiger partial charge in [0.15, 0.2) is 0 Å². The lowest BCUT2D eigenvalue weighted by Crippen LogP contribution is -2.38. The summed E-state index contributed by atoms with van der Waals surface area (Å²) in [5.41, 5.74) is 3.65. The number of hydrogen-bond acceptors (Lipinski definition) is 2. The minimum atomic E-state index is -0.102. The third-order valence-corrected chi connectivity index (χ3v) is 3.80. The molecule has 1 aromatic heterocycles. The highest BCUT2D eigenvalue weighted by Crippen LogP contribution is 2.20. The Kier molecular flexibility index (Phi) is 6.60. The molecule has 0 aliphatic rings. The zero-order chi connectivity index (χ0) is 16.5. The molecule has 2 aromatic rings. The lowest BCUT2D eigenvalue weighted by molar-refractivity contribution is 0.240. The molecule has 1 atom stereocenters. The Morgan fingerprint density at radius 1 is 1.17 bits per heavy atom. The van der Waals surface area contributed by atoms with Gasteiger partial charge in [0.2, 0.25) is 0 Å². The second-order valence-electron chi connectivity index (χ2n) is 5.81. The van der Waals surface area contributed by atoms with Gasteiger partial charge in [0, 0.05) is 31.4 Å². The van der Waals surface area contributed by atoms with Crippen molar-refractivity contribution in [2.75, 3.05) is 13.1 Å². The van der Waals surface area contributed by atoms with E-state index in [0.717, 1.165) is 12.8 Å². The molecule has 0 aliphatic heterocycles. The third kappa shape index (κ3) is 5.74. The predicted octanol–water partition coefficient (Wildman–Crippen LogP) is 3.43. The molecule has 4 nitrogen and oxygen atoms in total. The average Bonchev–Trinajstić information content (AvgIpc) is 2.58. The average molecular weight is 311 g/mol. The third-order valence-electron chi connectivity index (χ3n) is 3.80. The summed E-state index contributed by atoms with van der Waals surface area (Å²) in [5, 5.41) is 5.83. The van der Waals surface area contributed by atoms with Gasteiger partial charge < -0.3 is 10.6 Å². The maximum atomic E-state index is 11.8. The highest BCUT2D eigenvalue weighted by molar-refractivity contribution is 5.73. The number of nitrogens with zero attached hydrogens (tertiary/aromatic N) is 1. The van der Waals surface area contributed by atoms with E-state index in [1.54, 1.807) is 6.20 Å². The molecule has 1 aromatic carbocycles. The van der Waals surface area contributed by atoms with E-state index in [9.17, 15) is 4.79 Å². The maximum Gasteiger partial charge on any atom is 0.314 e. The Bertz CT molecular complexity index is 596. The topological polar surface area (TPSA) is 54.0 Å². The number of aromatic nitrogens is 1. The van der Waals surface area contributed by atoms with Gasteiger partial charge in [0.05, 0.1) is 0 Å². The number of hydrogen-bond donors (Lipinski definition) is 2. The molecule has 4 heteroatoms. The summed E-state index contributed by atoms with van der Waals surface area (Å²) in [6.45, 7) is 5.42. The van der Waals surface area contributed by atoms with Crippen molar-refractivity contribution in [3.05, 3.63) is 65.5 Å². The van der Waals surface area contributed by atoms with Gasteiger partial charge in [-0.3, -0.25) is 4.98 Å². The van der Waals surface area contributed by atoms with Crippen molar-refractivity contribution in [1.29, 1.82) is 0 Å².